The zero-order valence-electron chi connectivity index (χ0n) is 11.3. The highest BCUT2D eigenvalue weighted by Crippen LogP contribution is 2.27. The molecule has 2 N–H and O–H groups in total. The van der Waals surface area contributed by atoms with Crippen LogP contribution in [0.4, 0.5) is 5.69 Å². The van der Waals surface area contributed by atoms with Crippen molar-refractivity contribution in [3.8, 4) is 0 Å². The lowest BCUT2D eigenvalue weighted by Crippen LogP contribution is -2.19. The summed E-state index contributed by atoms with van der Waals surface area (Å²) in [7, 11) is 0. The van der Waals surface area contributed by atoms with E-state index in [0.717, 1.165) is 45.0 Å². The van der Waals surface area contributed by atoms with Crippen molar-refractivity contribution < 1.29 is 4.74 Å². The first-order valence-electron chi connectivity index (χ1n) is 6.97. The summed E-state index contributed by atoms with van der Waals surface area (Å²) in [5.41, 5.74) is 9.65. The fourth-order valence-corrected chi connectivity index (χ4v) is 2.41. The van der Waals surface area contributed by atoms with Crippen LogP contribution in [0.5, 0.6) is 0 Å². The van der Waals surface area contributed by atoms with Gasteiger partial charge in [0.25, 0.3) is 0 Å². The first-order valence-corrected chi connectivity index (χ1v) is 6.97. The van der Waals surface area contributed by atoms with Crippen molar-refractivity contribution in [2.75, 3.05) is 25.5 Å². The molecule has 3 nitrogen and oxygen atoms in total. The Kier molecular flexibility index (Phi) is 5.02. The van der Waals surface area contributed by atoms with Crippen molar-refractivity contribution in [1.82, 2.24) is 4.90 Å². The highest BCUT2D eigenvalue weighted by molar-refractivity contribution is 5.52. The summed E-state index contributed by atoms with van der Waals surface area (Å²) in [5.74, 6) is 0. The molecule has 0 fully saturated rings. The van der Waals surface area contributed by atoms with Gasteiger partial charge in [-0.15, -0.1) is 0 Å². The van der Waals surface area contributed by atoms with Gasteiger partial charge >= 0.3 is 0 Å². The fraction of sp³-hybridized carbons (Fsp3) is 0.600. The molecule has 100 valence electrons. The lowest BCUT2D eigenvalue weighted by Gasteiger charge is -2.14. The van der Waals surface area contributed by atoms with Crippen LogP contribution < -0.4 is 5.73 Å². The van der Waals surface area contributed by atoms with Crippen molar-refractivity contribution in [2.24, 2.45) is 0 Å². The molecule has 3 heteroatoms. The molecular weight excluding hydrogens is 224 g/mol. The van der Waals surface area contributed by atoms with Crippen LogP contribution in [0.25, 0.3) is 0 Å². The Labute approximate surface area is 110 Å². The number of rotatable bonds is 7. The summed E-state index contributed by atoms with van der Waals surface area (Å²) in [6.07, 6.45) is 3.49. The number of nitrogens with zero attached hydrogens (tertiary/aromatic N) is 1. The van der Waals surface area contributed by atoms with Crippen LogP contribution >= 0.6 is 0 Å². The molecule has 2 rings (SSSR count). The van der Waals surface area contributed by atoms with Crippen molar-refractivity contribution >= 4 is 5.69 Å². The molecule has 0 bridgehead atoms. The maximum absolute atomic E-state index is 5.99. The van der Waals surface area contributed by atoms with Crippen LogP contribution in [0.15, 0.2) is 18.2 Å². The predicted molar refractivity (Wildman–Crippen MR) is 75.3 cm³/mol. The third-order valence-electron chi connectivity index (χ3n) is 3.49. The first-order chi connectivity index (χ1) is 8.81. The van der Waals surface area contributed by atoms with Crippen LogP contribution in [-0.4, -0.2) is 24.7 Å². The summed E-state index contributed by atoms with van der Waals surface area (Å²) in [6.45, 7) is 7.10. The number of unbranched alkanes of at least 4 members (excludes halogenated alkanes) is 1. The number of hydrogen-bond acceptors (Lipinski definition) is 3. The smallest absolute Gasteiger partial charge is 0.0478 e. The second-order valence-electron chi connectivity index (χ2n) is 5.02. The highest BCUT2D eigenvalue weighted by atomic mass is 16.5. The number of hydrogen-bond donors (Lipinski definition) is 1. The third kappa shape index (κ3) is 3.47. The highest BCUT2D eigenvalue weighted by Gasteiger charge is 2.19. The Balaban J connectivity index is 1.67. The molecule has 0 saturated carbocycles. The number of fused-ring (bicyclic) bond motifs is 1. The number of benzene rings is 1. The predicted octanol–water partition coefficient (Wildman–Crippen LogP) is 2.79. The van der Waals surface area contributed by atoms with E-state index in [2.05, 4.69) is 17.9 Å². The molecule has 0 atom stereocenters. The molecule has 0 unspecified atom stereocenters. The van der Waals surface area contributed by atoms with Gasteiger partial charge in [0.1, 0.15) is 0 Å². The van der Waals surface area contributed by atoms with Gasteiger partial charge in [-0.3, -0.25) is 4.90 Å². The number of anilines is 1. The number of nitrogens with two attached hydrogens (primary N) is 1. The Morgan fingerprint density at radius 1 is 1.22 bits per heavy atom. The van der Waals surface area contributed by atoms with E-state index in [9.17, 15) is 0 Å². The molecular formula is C15H24N2O. The van der Waals surface area contributed by atoms with Crippen LogP contribution in [0, 0.1) is 0 Å². The summed E-state index contributed by atoms with van der Waals surface area (Å²) >= 11 is 0. The average Bonchev–Trinajstić information content (AvgIpc) is 2.78. The topological polar surface area (TPSA) is 38.5 Å². The lowest BCUT2D eigenvalue weighted by molar-refractivity contribution is 0.118. The Morgan fingerprint density at radius 3 is 2.83 bits per heavy atom. The second kappa shape index (κ2) is 6.76. The Hall–Kier alpha value is -1.06. The quantitative estimate of drug-likeness (QED) is 0.595. The van der Waals surface area contributed by atoms with Gasteiger partial charge < -0.3 is 10.5 Å². The van der Waals surface area contributed by atoms with Crippen molar-refractivity contribution in [1.29, 1.82) is 0 Å². The Bertz CT molecular complexity index is 379. The molecule has 0 aliphatic carbocycles. The lowest BCUT2D eigenvalue weighted by atomic mass is 10.1. The Morgan fingerprint density at radius 2 is 2.06 bits per heavy atom. The fourth-order valence-electron chi connectivity index (χ4n) is 2.41. The van der Waals surface area contributed by atoms with Crippen LogP contribution in [0.3, 0.4) is 0 Å². The van der Waals surface area contributed by atoms with E-state index in [1.54, 1.807) is 0 Å². The van der Waals surface area contributed by atoms with E-state index in [4.69, 9.17) is 10.5 Å². The van der Waals surface area contributed by atoms with E-state index in [1.165, 1.54) is 24.0 Å². The van der Waals surface area contributed by atoms with Gasteiger partial charge in [-0.05, 0) is 30.0 Å². The summed E-state index contributed by atoms with van der Waals surface area (Å²) in [6, 6.07) is 6.23. The molecule has 0 spiro atoms. The van der Waals surface area contributed by atoms with E-state index in [0.29, 0.717) is 0 Å². The first kappa shape index (κ1) is 13.4. The monoisotopic (exact) mass is 248 g/mol. The number of nitrogen functional groups attached to an aromatic ring is 1. The van der Waals surface area contributed by atoms with Gasteiger partial charge in [0.15, 0.2) is 0 Å². The van der Waals surface area contributed by atoms with Crippen LogP contribution in [-0.2, 0) is 17.8 Å². The normalized spacial score (nSPS) is 14.9. The maximum atomic E-state index is 5.99. The van der Waals surface area contributed by atoms with Gasteiger partial charge in [0, 0.05) is 38.5 Å². The second-order valence-corrected chi connectivity index (χ2v) is 5.02. The molecule has 18 heavy (non-hydrogen) atoms. The largest absolute Gasteiger partial charge is 0.398 e. The van der Waals surface area contributed by atoms with Gasteiger partial charge in [-0.2, -0.15) is 0 Å². The molecule has 1 aliphatic rings. The molecule has 1 aromatic carbocycles. The van der Waals surface area contributed by atoms with Gasteiger partial charge in [-0.1, -0.05) is 25.5 Å². The zero-order chi connectivity index (χ0) is 12.8. The molecule has 1 aliphatic heterocycles. The van der Waals surface area contributed by atoms with Crippen molar-refractivity contribution in [2.45, 2.75) is 39.3 Å². The van der Waals surface area contributed by atoms with Gasteiger partial charge in [0.2, 0.25) is 0 Å². The van der Waals surface area contributed by atoms with E-state index in [1.807, 2.05) is 12.1 Å². The minimum atomic E-state index is 0.877. The summed E-state index contributed by atoms with van der Waals surface area (Å²) in [4.78, 5) is 2.45. The molecule has 1 heterocycles. The minimum Gasteiger partial charge on any atom is -0.398 e. The summed E-state index contributed by atoms with van der Waals surface area (Å²) in [5, 5.41) is 0. The zero-order valence-corrected chi connectivity index (χ0v) is 11.3. The van der Waals surface area contributed by atoms with E-state index < -0.39 is 0 Å². The summed E-state index contributed by atoms with van der Waals surface area (Å²) < 4.78 is 5.58. The van der Waals surface area contributed by atoms with Crippen molar-refractivity contribution in [3.63, 3.8) is 0 Å². The third-order valence-corrected chi connectivity index (χ3v) is 3.49. The number of ether oxygens (including phenoxy) is 1. The van der Waals surface area contributed by atoms with Gasteiger partial charge in [-0.25, -0.2) is 0 Å². The average molecular weight is 248 g/mol. The maximum Gasteiger partial charge on any atom is 0.0478 e. The van der Waals surface area contributed by atoms with Crippen LogP contribution in [0.2, 0.25) is 0 Å². The van der Waals surface area contributed by atoms with E-state index >= 15 is 0 Å². The SMILES string of the molecule is CCCCOCCCN1Cc2cccc(N)c2C1. The van der Waals surface area contributed by atoms with Gasteiger partial charge in [0.05, 0.1) is 0 Å². The van der Waals surface area contributed by atoms with Crippen molar-refractivity contribution in [3.05, 3.63) is 29.3 Å². The van der Waals surface area contributed by atoms with Crippen LogP contribution in [0.1, 0.15) is 37.3 Å². The standard InChI is InChI=1S/C15H24N2O/c1-2-3-9-18-10-5-8-17-11-13-6-4-7-15(16)14(13)12-17/h4,6-7H,2-3,5,8-12,16H2,1H3. The van der Waals surface area contributed by atoms with E-state index in [-0.39, 0.29) is 0 Å². The molecule has 0 radical (unpaired) electrons. The molecule has 1 aromatic rings. The molecule has 0 amide bonds. The molecule has 0 aromatic heterocycles. The molecule has 0 saturated heterocycles. The minimum absolute atomic E-state index is 0.877.